The summed E-state index contributed by atoms with van der Waals surface area (Å²) in [6.45, 7) is 7.75. The molecule has 0 saturated carbocycles. The van der Waals surface area contributed by atoms with Crippen molar-refractivity contribution >= 4 is 17.3 Å². The lowest BCUT2D eigenvalue weighted by Crippen LogP contribution is -2.38. The first-order valence-electron chi connectivity index (χ1n) is 5.58. The molecule has 0 bridgehead atoms. The van der Waals surface area contributed by atoms with Crippen LogP contribution in [0.3, 0.4) is 0 Å². The van der Waals surface area contributed by atoms with Crippen molar-refractivity contribution < 1.29 is 4.79 Å². The molecule has 0 saturated heterocycles. The fourth-order valence-corrected chi connectivity index (χ4v) is 2.10. The molecule has 2 rings (SSSR count). The van der Waals surface area contributed by atoms with Gasteiger partial charge in [0.2, 0.25) is 5.91 Å². The number of hydrogen-bond acceptors (Lipinski definition) is 3. The molecular formula is C13H17N3O. The number of anilines is 2. The minimum atomic E-state index is -0.400. The topological polar surface area (TPSA) is 49.6 Å². The third-order valence-electron chi connectivity index (χ3n) is 3.08. The number of rotatable bonds is 2. The average molecular weight is 231 g/mol. The number of hydrogen-bond donors (Lipinski definition) is 1. The maximum atomic E-state index is 11.2. The van der Waals surface area contributed by atoms with Crippen molar-refractivity contribution in [2.75, 3.05) is 29.9 Å². The van der Waals surface area contributed by atoms with Crippen LogP contribution in [0, 0.1) is 0 Å². The summed E-state index contributed by atoms with van der Waals surface area (Å²) in [7, 11) is 2.04. The summed E-state index contributed by atoms with van der Waals surface area (Å²) < 4.78 is 0. The van der Waals surface area contributed by atoms with Gasteiger partial charge in [-0.05, 0) is 25.1 Å². The summed E-state index contributed by atoms with van der Waals surface area (Å²) in [6.07, 6.45) is 0. The fraction of sp³-hybridized carbons (Fsp3) is 0.308. The van der Waals surface area contributed by atoms with Gasteiger partial charge in [-0.15, -0.1) is 0 Å². The van der Waals surface area contributed by atoms with E-state index in [1.807, 2.05) is 26.1 Å². The van der Waals surface area contributed by atoms with E-state index in [1.165, 1.54) is 0 Å². The van der Waals surface area contributed by atoms with E-state index < -0.39 is 5.91 Å². The van der Waals surface area contributed by atoms with E-state index in [9.17, 15) is 4.79 Å². The minimum absolute atomic E-state index is 0.400. The number of amides is 1. The van der Waals surface area contributed by atoms with Crippen LogP contribution in [-0.2, 0) is 0 Å². The van der Waals surface area contributed by atoms with Crippen LogP contribution in [0.15, 0.2) is 30.5 Å². The molecule has 0 aliphatic carbocycles. The Balaban J connectivity index is 2.53. The normalized spacial score (nSPS) is 14.5. The van der Waals surface area contributed by atoms with Crippen molar-refractivity contribution in [3.8, 4) is 0 Å². The van der Waals surface area contributed by atoms with Crippen molar-refractivity contribution in [1.29, 1.82) is 0 Å². The molecule has 17 heavy (non-hydrogen) atoms. The van der Waals surface area contributed by atoms with E-state index in [1.54, 1.807) is 6.07 Å². The monoisotopic (exact) mass is 231 g/mol. The Morgan fingerprint density at radius 1 is 1.35 bits per heavy atom. The third kappa shape index (κ3) is 1.98. The molecule has 4 nitrogen and oxygen atoms in total. The molecule has 0 radical (unpaired) electrons. The Morgan fingerprint density at radius 3 is 2.65 bits per heavy atom. The van der Waals surface area contributed by atoms with Gasteiger partial charge in [-0.3, -0.25) is 4.79 Å². The number of nitrogens with zero attached hydrogens (tertiary/aromatic N) is 2. The summed E-state index contributed by atoms with van der Waals surface area (Å²) in [4.78, 5) is 15.5. The maximum Gasteiger partial charge on any atom is 0.248 e. The second kappa shape index (κ2) is 4.13. The number of primary amides is 1. The van der Waals surface area contributed by atoms with E-state index in [4.69, 9.17) is 5.73 Å². The molecular weight excluding hydrogens is 214 g/mol. The first kappa shape index (κ1) is 11.5. The highest BCUT2D eigenvalue weighted by atomic mass is 16.1. The summed E-state index contributed by atoms with van der Waals surface area (Å²) in [5.74, 6) is -0.400. The van der Waals surface area contributed by atoms with Crippen LogP contribution in [0.1, 0.15) is 17.3 Å². The highest BCUT2D eigenvalue weighted by Crippen LogP contribution is 2.34. The number of fused-ring (bicyclic) bond motifs is 1. The predicted molar refractivity (Wildman–Crippen MR) is 70.4 cm³/mol. The second-order valence-electron chi connectivity index (χ2n) is 4.38. The van der Waals surface area contributed by atoms with Crippen LogP contribution in [0.5, 0.6) is 0 Å². The molecule has 1 aromatic rings. The smallest absolute Gasteiger partial charge is 0.248 e. The van der Waals surface area contributed by atoms with E-state index in [2.05, 4.69) is 16.4 Å². The summed E-state index contributed by atoms with van der Waals surface area (Å²) in [6, 6.07) is 5.53. The van der Waals surface area contributed by atoms with Crippen LogP contribution in [-0.4, -0.2) is 26.0 Å². The molecule has 0 atom stereocenters. The number of benzene rings is 1. The Bertz CT molecular complexity index is 482. The van der Waals surface area contributed by atoms with Crippen molar-refractivity contribution in [3.63, 3.8) is 0 Å². The van der Waals surface area contributed by atoms with Crippen molar-refractivity contribution in [3.05, 3.63) is 36.0 Å². The molecule has 90 valence electrons. The molecule has 1 heterocycles. The highest BCUT2D eigenvalue weighted by Gasteiger charge is 2.21. The predicted octanol–water partition coefficient (Wildman–Crippen LogP) is 1.58. The molecule has 0 fully saturated rings. The van der Waals surface area contributed by atoms with E-state index >= 15 is 0 Å². The lowest BCUT2D eigenvalue weighted by atomic mass is 10.1. The van der Waals surface area contributed by atoms with E-state index in [0.29, 0.717) is 5.56 Å². The van der Waals surface area contributed by atoms with Gasteiger partial charge in [0.1, 0.15) is 0 Å². The Labute approximate surface area is 101 Å². The number of nitrogens with two attached hydrogens (primary N) is 1. The molecule has 1 amide bonds. The molecule has 4 heteroatoms. The van der Waals surface area contributed by atoms with Crippen molar-refractivity contribution in [2.45, 2.75) is 6.92 Å². The third-order valence-corrected chi connectivity index (χ3v) is 3.08. The van der Waals surface area contributed by atoms with Crippen LogP contribution in [0.4, 0.5) is 11.4 Å². The lowest BCUT2D eigenvalue weighted by Gasteiger charge is -2.37. The second-order valence-corrected chi connectivity index (χ2v) is 4.38. The average Bonchev–Trinajstić information content (AvgIpc) is 2.28. The number of likely N-dealkylation sites (N-methyl/N-ethyl adjacent to an activating group) is 1. The van der Waals surface area contributed by atoms with Crippen LogP contribution < -0.4 is 15.5 Å². The Morgan fingerprint density at radius 2 is 2.06 bits per heavy atom. The van der Waals surface area contributed by atoms with Gasteiger partial charge in [0, 0.05) is 31.4 Å². The highest BCUT2D eigenvalue weighted by molar-refractivity contribution is 5.95. The van der Waals surface area contributed by atoms with E-state index in [0.717, 1.165) is 30.2 Å². The van der Waals surface area contributed by atoms with Crippen molar-refractivity contribution in [2.24, 2.45) is 5.73 Å². The number of allylic oxidation sites excluding steroid dienone is 1. The van der Waals surface area contributed by atoms with Crippen LogP contribution >= 0.6 is 0 Å². The summed E-state index contributed by atoms with van der Waals surface area (Å²) in [5, 5.41) is 0. The quantitative estimate of drug-likeness (QED) is 0.840. The zero-order valence-corrected chi connectivity index (χ0v) is 10.2. The van der Waals surface area contributed by atoms with Gasteiger partial charge < -0.3 is 15.5 Å². The van der Waals surface area contributed by atoms with Gasteiger partial charge in [-0.25, -0.2) is 0 Å². The molecule has 1 aliphatic rings. The zero-order valence-electron chi connectivity index (χ0n) is 10.2. The molecule has 1 aliphatic heterocycles. The van der Waals surface area contributed by atoms with Crippen LogP contribution in [0.25, 0.3) is 0 Å². The van der Waals surface area contributed by atoms with E-state index in [-0.39, 0.29) is 0 Å². The van der Waals surface area contributed by atoms with Gasteiger partial charge in [-0.2, -0.15) is 0 Å². The first-order valence-corrected chi connectivity index (χ1v) is 5.58. The van der Waals surface area contributed by atoms with Gasteiger partial charge in [0.15, 0.2) is 0 Å². The SMILES string of the molecule is C=C(C)N1CCN(C)c2ccc(C(N)=O)cc21. The number of carbonyl (C=O) groups is 1. The van der Waals surface area contributed by atoms with Crippen LogP contribution in [0.2, 0.25) is 0 Å². The molecule has 0 unspecified atom stereocenters. The fourth-order valence-electron chi connectivity index (χ4n) is 2.10. The van der Waals surface area contributed by atoms with Gasteiger partial charge in [-0.1, -0.05) is 6.58 Å². The largest absolute Gasteiger partial charge is 0.371 e. The summed E-state index contributed by atoms with van der Waals surface area (Å²) in [5.41, 5.74) is 8.92. The maximum absolute atomic E-state index is 11.2. The Hall–Kier alpha value is -1.97. The molecule has 0 spiro atoms. The van der Waals surface area contributed by atoms with Gasteiger partial charge >= 0.3 is 0 Å². The molecule has 2 N–H and O–H groups in total. The first-order chi connectivity index (χ1) is 8.00. The minimum Gasteiger partial charge on any atom is -0.371 e. The number of carbonyl (C=O) groups excluding carboxylic acids is 1. The summed E-state index contributed by atoms with van der Waals surface area (Å²) >= 11 is 0. The Kier molecular flexibility index (Phi) is 2.79. The standard InChI is InChI=1S/C13H17N3O/c1-9(2)16-7-6-15(3)11-5-4-10(13(14)17)8-12(11)16/h4-5,8H,1,6-7H2,2-3H3,(H2,14,17). The van der Waals surface area contributed by atoms with Gasteiger partial charge in [0.05, 0.1) is 11.4 Å². The zero-order chi connectivity index (χ0) is 12.6. The lowest BCUT2D eigenvalue weighted by molar-refractivity contribution is 0.100. The van der Waals surface area contributed by atoms with Gasteiger partial charge in [0.25, 0.3) is 0 Å². The molecule has 0 aromatic heterocycles. The van der Waals surface area contributed by atoms with Crippen molar-refractivity contribution in [1.82, 2.24) is 0 Å². The molecule has 1 aromatic carbocycles.